The molecule has 30 heavy (non-hydrogen) atoms. The van der Waals surface area contributed by atoms with Crippen LogP contribution >= 0.6 is 0 Å². The monoisotopic (exact) mass is 694 g/mol. The Morgan fingerprint density at radius 2 is 1.03 bits per heavy atom. The number of rotatable bonds is 4. The first-order chi connectivity index (χ1) is 11.4. The summed E-state index contributed by atoms with van der Waals surface area (Å²) >= 11 is 0. The second-order valence-corrected chi connectivity index (χ2v) is 16.3. The van der Waals surface area contributed by atoms with Crippen molar-refractivity contribution < 1.29 is 162 Å². The zero-order valence-corrected chi connectivity index (χ0v) is 30.7. The Kier molecular flexibility index (Phi) is 67.2. The summed E-state index contributed by atoms with van der Waals surface area (Å²) in [5, 5.41) is 0.546. The van der Waals surface area contributed by atoms with Gasteiger partial charge in [-0.05, 0) is 5.04 Å². The van der Waals surface area contributed by atoms with E-state index in [9.17, 15) is 12.3 Å². The molecule has 0 spiro atoms. The molecule has 0 aliphatic heterocycles. The summed E-state index contributed by atoms with van der Waals surface area (Å²) in [4.78, 5) is 0. The summed E-state index contributed by atoms with van der Waals surface area (Å²) in [5.41, 5.74) is 0. The quantitative estimate of drug-likeness (QED) is 0.208. The first-order valence-electron chi connectivity index (χ1n) is 9.03. The largest absolute Gasteiger partial charge is 0.344 e. The number of hydrogen-bond donors (Lipinski definition) is 0. The third kappa shape index (κ3) is 69.8. The maximum Gasteiger partial charge on any atom is 0.299 e. The van der Waals surface area contributed by atoms with Gasteiger partial charge in [0.1, 0.15) is 9.84 Å². The molecular weight excluding hydrogens is 649 g/mol. The maximum absolute atomic E-state index is 10.7. The van der Waals surface area contributed by atoms with Gasteiger partial charge in [0.2, 0.25) is 0 Å². The molecule has 12 heteroatoms. The van der Waals surface area contributed by atoms with Crippen LogP contribution in [0, 0.1) is 89.3 Å². The first kappa shape index (κ1) is 59.7. The van der Waals surface area contributed by atoms with Gasteiger partial charge in [0, 0.05) is 153 Å². The fourth-order valence-electron chi connectivity index (χ4n) is 1.08. The molecule has 0 heterocycles. The van der Waals surface area contributed by atoms with Crippen molar-refractivity contribution in [2.75, 3.05) is 18.3 Å². The van der Waals surface area contributed by atoms with E-state index in [-0.39, 0.29) is 147 Å². The van der Waals surface area contributed by atoms with E-state index in [4.69, 9.17) is 8.42 Å². The topological polar surface area (TPSA) is 68.3 Å². The second-order valence-electron chi connectivity index (χ2n) is 6.90. The molecular formula is C18H45Ar2FO4S2SiY2-2. The standard InChI is InChI=1S/C9H21Si.C4H9O2S.2C2H6.CH3FO2S.2Ar.2Y/c1-7-8-10(5,6)9(2,3)4;1-3-4-7(2,5)6;2*1-2;1-5(2,3)4;;;;/h1,7-8H2,2-6H3;1,3-4H2,2H3;2*1-2H3;1H3;;;;/q2*-1;;;;;;;. The third-order valence-electron chi connectivity index (χ3n) is 3.35. The molecule has 0 aliphatic rings. The van der Waals surface area contributed by atoms with E-state index < -0.39 is 28.1 Å². The van der Waals surface area contributed by atoms with Gasteiger partial charge in [-0.2, -0.15) is 21.3 Å². The van der Waals surface area contributed by atoms with Crippen molar-refractivity contribution in [1.29, 1.82) is 0 Å². The summed E-state index contributed by atoms with van der Waals surface area (Å²) in [5.74, 6) is 0.201. The zero-order valence-electron chi connectivity index (χ0n) is 20.9. The van der Waals surface area contributed by atoms with Crippen LogP contribution in [0.5, 0.6) is 0 Å². The van der Waals surface area contributed by atoms with Crippen molar-refractivity contribution in [3.05, 3.63) is 13.8 Å². The first-order valence-corrected chi connectivity index (χ1v) is 16.1. The van der Waals surface area contributed by atoms with Crippen LogP contribution in [-0.4, -0.2) is 43.2 Å². The van der Waals surface area contributed by atoms with E-state index in [0.717, 1.165) is 6.42 Å². The van der Waals surface area contributed by atoms with Crippen LogP contribution in [-0.2, 0) is 85.5 Å². The van der Waals surface area contributed by atoms with Crippen LogP contribution in [0.4, 0.5) is 3.89 Å². The summed E-state index contributed by atoms with van der Waals surface area (Å²) in [7, 11) is -7.87. The molecule has 0 fully saturated rings. The van der Waals surface area contributed by atoms with Crippen LogP contribution in [0.25, 0.3) is 0 Å². The van der Waals surface area contributed by atoms with Gasteiger partial charge in [0.25, 0.3) is 10.2 Å². The molecule has 0 saturated heterocycles. The van der Waals surface area contributed by atoms with Crippen molar-refractivity contribution in [2.24, 2.45) is 0 Å². The minimum absolute atomic E-state index is 0. The van der Waals surface area contributed by atoms with Gasteiger partial charge in [-0.1, -0.05) is 67.6 Å². The predicted molar refractivity (Wildman–Crippen MR) is 120 cm³/mol. The van der Waals surface area contributed by atoms with Crippen molar-refractivity contribution in [3.8, 4) is 0 Å². The van der Waals surface area contributed by atoms with Crippen molar-refractivity contribution >= 4 is 28.1 Å². The van der Waals surface area contributed by atoms with Gasteiger partial charge in [-0.15, -0.1) is 3.89 Å². The summed E-state index contributed by atoms with van der Waals surface area (Å²) < 4.78 is 49.0. The van der Waals surface area contributed by atoms with Gasteiger partial charge >= 0.3 is 0 Å². The second kappa shape index (κ2) is 33.8. The molecule has 0 unspecified atom stereocenters. The van der Waals surface area contributed by atoms with E-state index in [1.165, 1.54) is 12.3 Å². The van der Waals surface area contributed by atoms with Crippen molar-refractivity contribution in [2.45, 2.75) is 85.5 Å². The van der Waals surface area contributed by atoms with Crippen LogP contribution in [0.15, 0.2) is 0 Å². The van der Waals surface area contributed by atoms with Gasteiger partial charge in [0.15, 0.2) is 0 Å². The molecule has 0 N–H and O–H groups in total. The average Bonchev–Trinajstić information content (AvgIpc) is 2.39. The van der Waals surface area contributed by atoms with Gasteiger partial charge < -0.3 is 13.8 Å². The summed E-state index contributed by atoms with van der Waals surface area (Å²) in [6, 6.07) is 1.36. The van der Waals surface area contributed by atoms with Crippen LogP contribution < -0.4 is 0 Å². The van der Waals surface area contributed by atoms with Crippen LogP contribution in [0.1, 0.15) is 61.3 Å². The van der Waals surface area contributed by atoms with Gasteiger partial charge in [-0.3, -0.25) is 0 Å². The summed E-state index contributed by atoms with van der Waals surface area (Å²) in [6.07, 6.45) is 3.28. The van der Waals surface area contributed by atoms with Gasteiger partial charge in [-0.25, -0.2) is 8.42 Å². The molecule has 0 atom stereocenters. The molecule has 0 aromatic carbocycles. The normalized spacial score (nSPS) is 9.67. The van der Waals surface area contributed by atoms with E-state index in [0.29, 0.717) is 17.7 Å². The van der Waals surface area contributed by atoms with Gasteiger partial charge in [0.05, 0.1) is 14.3 Å². The Morgan fingerprint density at radius 1 is 0.800 bits per heavy atom. The fraction of sp³-hybridized carbons (Fsp3) is 0.889. The van der Waals surface area contributed by atoms with E-state index >= 15 is 0 Å². The predicted octanol–water partition coefficient (Wildman–Crippen LogP) is 5.94. The Morgan fingerprint density at radius 3 is 1.07 bits per heavy atom. The fourth-order valence-corrected chi connectivity index (χ4v) is 3.24. The molecule has 0 amide bonds. The zero-order chi connectivity index (χ0) is 22.8. The van der Waals surface area contributed by atoms with E-state index in [1.807, 2.05) is 27.7 Å². The smallest absolute Gasteiger partial charge is 0.299 e. The molecule has 4 nitrogen and oxygen atoms in total. The molecule has 0 rings (SSSR count). The molecule has 0 bridgehead atoms. The number of hydrogen-bond acceptors (Lipinski definition) is 4. The Hall–Kier alpha value is 4.77. The van der Waals surface area contributed by atoms with E-state index in [2.05, 4.69) is 47.7 Å². The molecule has 0 aliphatic carbocycles. The maximum atomic E-state index is 10.7. The van der Waals surface area contributed by atoms with Crippen LogP contribution in [0.2, 0.25) is 24.2 Å². The number of halogens is 1. The van der Waals surface area contributed by atoms with E-state index in [1.54, 1.807) is 0 Å². The molecule has 0 aromatic rings. The molecule has 0 saturated carbocycles. The average molecular weight is 694 g/mol. The SMILES string of the molecule is CC.CC.CS(=O)(=O)F.[Ar].[Ar].[CH2-]CCS(C)(=O)=O.[CH2-]CC[Si](C)(C)C(C)(C)C.[Y].[Y]. The summed E-state index contributed by atoms with van der Waals surface area (Å²) in [6.45, 7) is 27.3. The molecule has 188 valence electrons. The minimum atomic E-state index is -4.17. The molecule has 0 aromatic heterocycles. The van der Waals surface area contributed by atoms with Crippen LogP contribution in [0.3, 0.4) is 0 Å². The number of sulfone groups is 1. The Balaban J connectivity index is -0.0000000283. The Labute approximate surface area is 301 Å². The minimum Gasteiger partial charge on any atom is -0.344 e. The molecule has 2 radical (unpaired) electrons. The Bertz CT molecular complexity index is 493. The van der Waals surface area contributed by atoms with Crippen molar-refractivity contribution in [3.63, 3.8) is 0 Å². The van der Waals surface area contributed by atoms with Crippen molar-refractivity contribution in [1.82, 2.24) is 0 Å². The third-order valence-corrected chi connectivity index (χ3v) is 10.0.